The lowest BCUT2D eigenvalue weighted by atomic mass is 10.1. The molecule has 4 nitrogen and oxygen atoms in total. The van der Waals surface area contributed by atoms with Gasteiger partial charge in [0.15, 0.2) is 5.78 Å². The van der Waals surface area contributed by atoms with Gasteiger partial charge in [0.25, 0.3) is 0 Å². The Morgan fingerprint density at radius 3 is 2.94 bits per heavy atom. The highest BCUT2D eigenvalue weighted by molar-refractivity contribution is 5.96. The van der Waals surface area contributed by atoms with E-state index in [1.165, 1.54) is 0 Å². The fourth-order valence-electron chi connectivity index (χ4n) is 1.32. The standard InChI is InChI=1S/C12H18N2O2/c1-3-16-11-6-10(7-14-8-11)12(15)5-4-9(2)13/h6-9H,3-5,13H2,1-2H3. The third-order valence-corrected chi connectivity index (χ3v) is 2.17. The number of pyridine rings is 1. The van der Waals surface area contributed by atoms with Gasteiger partial charge in [0.2, 0.25) is 0 Å². The van der Waals surface area contributed by atoms with Crippen LogP contribution in [-0.4, -0.2) is 23.4 Å². The fourth-order valence-corrected chi connectivity index (χ4v) is 1.32. The molecule has 0 aromatic carbocycles. The van der Waals surface area contributed by atoms with E-state index in [1.807, 2.05) is 13.8 Å². The topological polar surface area (TPSA) is 65.2 Å². The molecule has 0 aliphatic rings. The van der Waals surface area contributed by atoms with Crippen molar-refractivity contribution in [2.24, 2.45) is 5.73 Å². The van der Waals surface area contributed by atoms with Crippen molar-refractivity contribution >= 4 is 5.78 Å². The zero-order chi connectivity index (χ0) is 12.0. The van der Waals surface area contributed by atoms with Gasteiger partial charge >= 0.3 is 0 Å². The largest absolute Gasteiger partial charge is 0.492 e. The maximum absolute atomic E-state index is 11.8. The molecule has 0 radical (unpaired) electrons. The first-order chi connectivity index (χ1) is 7.63. The summed E-state index contributed by atoms with van der Waals surface area (Å²) < 4.78 is 5.28. The molecule has 0 aliphatic heterocycles. The molecule has 16 heavy (non-hydrogen) atoms. The summed E-state index contributed by atoms with van der Waals surface area (Å²) in [6, 6.07) is 1.77. The highest BCUT2D eigenvalue weighted by atomic mass is 16.5. The molecule has 0 saturated heterocycles. The van der Waals surface area contributed by atoms with Gasteiger partial charge in [0, 0.05) is 24.2 Å². The molecule has 0 fully saturated rings. The zero-order valence-corrected chi connectivity index (χ0v) is 9.77. The Morgan fingerprint density at radius 2 is 2.31 bits per heavy atom. The van der Waals surface area contributed by atoms with E-state index >= 15 is 0 Å². The van der Waals surface area contributed by atoms with Crippen LogP contribution in [0, 0.1) is 0 Å². The normalized spacial score (nSPS) is 12.2. The Balaban J connectivity index is 2.64. The summed E-state index contributed by atoms with van der Waals surface area (Å²) >= 11 is 0. The first kappa shape index (κ1) is 12.6. The van der Waals surface area contributed by atoms with Gasteiger partial charge in [-0.15, -0.1) is 0 Å². The predicted octanol–water partition coefficient (Wildman–Crippen LogP) is 1.79. The number of hydrogen-bond acceptors (Lipinski definition) is 4. The Morgan fingerprint density at radius 1 is 1.56 bits per heavy atom. The molecule has 0 amide bonds. The van der Waals surface area contributed by atoms with Crippen LogP contribution in [0.25, 0.3) is 0 Å². The van der Waals surface area contributed by atoms with Crippen LogP contribution in [0.2, 0.25) is 0 Å². The van der Waals surface area contributed by atoms with E-state index in [1.54, 1.807) is 18.5 Å². The van der Waals surface area contributed by atoms with Gasteiger partial charge in [-0.1, -0.05) is 0 Å². The first-order valence-electron chi connectivity index (χ1n) is 5.50. The molecule has 0 spiro atoms. The molecule has 0 saturated carbocycles. The molecule has 88 valence electrons. The van der Waals surface area contributed by atoms with Gasteiger partial charge in [-0.2, -0.15) is 0 Å². The molecule has 1 aromatic heterocycles. The molecule has 1 atom stereocenters. The smallest absolute Gasteiger partial charge is 0.164 e. The molecule has 1 unspecified atom stereocenters. The Bertz CT molecular complexity index is 351. The minimum atomic E-state index is 0.0481. The van der Waals surface area contributed by atoms with Gasteiger partial charge in [0.05, 0.1) is 12.8 Å². The van der Waals surface area contributed by atoms with Crippen molar-refractivity contribution in [3.8, 4) is 5.75 Å². The Hall–Kier alpha value is -1.42. The number of ether oxygens (including phenoxy) is 1. The van der Waals surface area contributed by atoms with E-state index in [9.17, 15) is 4.79 Å². The molecular weight excluding hydrogens is 204 g/mol. The molecule has 0 aliphatic carbocycles. The Labute approximate surface area is 95.8 Å². The average Bonchev–Trinajstić information content (AvgIpc) is 2.26. The zero-order valence-electron chi connectivity index (χ0n) is 9.77. The van der Waals surface area contributed by atoms with Gasteiger partial charge in [0.1, 0.15) is 5.75 Å². The highest BCUT2D eigenvalue weighted by Crippen LogP contribution is 2.13. The minimum Gasteiger partial charge on any atom is -0.492 e. The summed E-state index contributed by atoms with van der Waals surface area (Å²) in [5.74, 6) is 0.695. The molecule has 1 heterocycles. The molecule has 1 rings (SSSR count). The summed E-state index contributed by atoms with van der Waals surface area (Å²) in [5.41, 5.74) is 6.19. The van der Waals surface area contributed by atoms with Crippen LogP contribution >= 0.6 is 0 Å². The molecule has 0 bridgehead atoms. The van der Waals surface area contributed by atoms with E-state index in [4.69, 9.17) is 10.5 Å². The number of carbonyl (C=O) groups excluding carboxylic acids is 1. The number of Topliss-reactive ketones (excluding diaryl/α,β-unsaturated/α-hetero) is 1. The second-order valence-corrected chi connectivity index (χ2v) is 3.78. The van der Waals surface area contributed by atoms with Gasteiger partial charge in [-0.05, 0) is 26.3 Å². The van der Waals surface area contributed by atoms with E-state index in [2.05, 4.69) is 4.98 Å². The summed E-state index contributed by atoms with van der Waals surface area (Å²) in [5, 5.41) is 0. The summed E-state index contributed by atoms with van der Waals surface area (Å²) in [7, 11) is 0. The lowest BCUT2D eigenvalue weighted by Crippen LogP contribution is -2.16. The number of ketones is 1. The number of nitrogens with two attached hydrogens (primary N) is 1. The van der Waals surface area contributed by atoms with Crippen molar-refractivity contribution in [2.45, 2.75) is 32.7 Å². The number of carbonyl (C=O) groups is 1. The van der Waals surface area contributed by atoms with Gasteiger partial charge < -0.3 is 10.5 Å². The summed E-state index contributed by atoms with van der Waals surface area (Å²) in [6.45, 7) is 4.35. The number of hydrogen-bond donors (Lipinski definition) is 1. The second kappa shape index (κ2) is 6.23. The number of rotatable bonds is 6. The summed E-state index contributed by atoms with van der Waals surface area (Å²) in [6.07, 6.45) is 4.31. The molecule has 2 N–H and O–H groups in total. The van der Waals surface area contributed by atoms with Crippen LogP contribution in [0.4, 0.5) is 0 Å². The third kappa shape index (κ3) is 3.98. The summed E-state index contributed by atoms with van der Waals surface area (Å²) in [4.78, 5) is 15.7. The van der Waals surface area contributed by atoms with Crippen LogP contribution in [0.3, 0.4) is 0 Å². The van der Waals surface area contributed by atoms with E-state index in [0.29, 0.717) is 30.8 Å². The lowest BCUT2D eigenvalue weighted by molar-refractivity contribution is 0.0977. The van der Waals surface area contributed by atoms with Crippen molar-refractivity contribution in [3.05, 3.63) is 24.0 Å². The minimum absolute atomic E-state index is 0.0481. The van der Waals surface area contributed by atoms with E-state index in [-0.39, 0.29) is 11.8 Å². The second-order valence-electron chi connectivity index (χ2n) is 3.78. The fraction of sp³-hybridized carbons (Fsp3) is 0.500. The number of aromatic nitrogens is 1. The Kier molecular flexibility index (Phi) is 4.92. The first-order valence-corrected chi connectivity index (χ1v) is 5.50. The van der Waals surface area contributed by atoms with E-state index < -0.39 is 0 Å². The van der Waals surface area contributed by atoms with Crippen LogP contribution in [-0.2, 0) is 0 Å². The van der Waals surface area contributed by atoms with E-state index in [0.717, 1.165) is 0 Å². The molecule has 1 aromatic rings. The van der Waals surface area contributed by atoms with Crippen molar-refractivity contribution in [3.63, 3.8) is 0 Å². The number of nitrogens with zero attached hydrogens (tertiary/aromatic N) is 1. The highest BCUT2D eigenvalue weighted by Gasteiger charge is 2.08. The van der Waals surface area contributed by atoms with Crippen LogP contribution in [0.1, 0.15) is 37.0 Å². The quantitative estimate of drug-likeness (QED) is 0.745. The van der Waals surface area contributed by atoms with Crippen molar-refractivity contribution in [2.75, 3.05) is 6.61 Å². The van der Waals surface area contributed by atoms with Crippen LogP contribution < -0.4 is 10.5 Å². The molecule has 4 heteroatoms. The third-order valence-electron chi connectivity index (χ3n) is 2.17. The maximum Gasteiger partial charge on any atom is 0.164 e. The van der Waals surface area contributed by atoms with Crippen molar-refractivity contribution in [1.29, 1.82) is 0 Å². The lowest BCUT2D eigenvalue weighted by Gasteiger charge is -2.06. The predicted molar refractivity (Wildman–Crippen MR) is 62.6 cm³/mol. The SMILES string of the molecule is CCOc1cncc(C(=O)CCC(C)N)c1. The maximum atomic E-state index is 11.8. The monoisotopic (exact) mass is 222 g/mol. The van der Waals surface area contributed by atoms with Crippen molar-refractivity contribution in [1.82, 2.24) is 4.98 Å². The van der Waals surface area contributed by atoms with Gasteiger partial charge in [-0.25, -0.2) is 0 Å². The van der Waals surface area contributed by atoms with Gasteiger partial charge in [-0.3, -0.25) is 9.78 Å². The van der Waals surface area contributed by atoms with Crippen LogP contribution in [0.15, 0.2) is 18.5 Å². The average molecular weight is 222 g/mol. The van der Waals surface area contributed by atoms with Crippen LogP contribution in [0.5, 0.6) is 5.75 Å². The van der Waals surface area contributed by atoms with Crippen molar-refractivity contribution < 1.29 is 9.53 Å². The molecular formula is C12H18N2O2.